The molecule has 1 aliphatic rings. The highest BCUT2D eigenvalue weighted by atomic mass is 16.5. The van der Waals surface area contributed by atoms with Gasteiger partial charge in [0.25, 0.3) is 0 Å². The van der Waals surface area contributed by atoms with Crippen LogP contribution in [0.15, 0.2) is 78.9 Å². The minimum absolute atomic E-state index is 0.0203. The molecule has 2 unspecified atom stereocenters. The van der Waals surface area contributed by atoms with Crippen molar-refractivity contribution in [2.75, 3.05) is 13.2 Å². The number of phenols is 1. The van der Waals surface area contributed by atoms with Gasteiger partial charge in [0.2, 0.25) is 0 Å². The van der Waals surface area contributed by atoms with Gasteiger partial charge in [-0.15, -0.1) is 0 Å². The number of Topliss-reactive ketones (excluding diaryl/α,β-unsaturated/α-hetero) is 1. The molecule has 1 aliphatic carbocycles. The molecule has 2 atom stereocenters. The summed E-state index contributed by atoms with van der Waals surface area (Å²) in [7, 11) is 0. The Morgan fingerprint density at radius 3 is 1.87 bits per heavy atom. The Balaban J connectivity index is 1.10. The van der Waals surface area contributed by atoms with E-state index >= 15 is 0 Å². The molecular formula is C50H66O5. The van der Waals surface area contributed by atoms with Crippen molar-refractivity contribution in [1.29, 1.82) is 0 Å². The van der Waals surface area contributed by atoms with Gasteiger partial charge in [-0.3, -0.25) is 9.59 Å². The molecule has 0 radical (unpaired) electrons. The van der Waals surface area contributed by atoms with Crippen LogP contribution in [0.2, 0.25) is 0 Å². The van der Waals surface area contributed by atoms with Crippen molar-refractivity contribution in [2.24, 2.45) is 17.8 Å². The summed E-state index contributed by atoms with van der Waals surface area (Å²) in [6.07, 6.45) is 18.4. The van der Waals surface area contributed by atoms with Crippen LogP contribution >= 0.6 is 0 Å². The Labute approximate surface area is 331 Å². The van der Waals surface area contributed by atoms with Gasteiger partial charge in [0, 0.05) is 23.7 Å². The van der Waals surface area contributed by atoms with E-state index in [-0.39, 0.29) is 35.8 Å². The fourth-order valence-corrected chi connectivity index (χ4v) is 8.07. The van der Waals surface area contributed by atoms with Crippen molar-refractivity contribution in [3.63, 3.8) is 0 Å². The molecule has 5 nitrogen and oxygen atoms in total. The van der Waals surface area contributed by atoms with Crippen molar-refractivity contribution in [3.8, 4) is 28.0 Å². The molecule has 4 aromatic carbocycles. The predicted molar refractivity (Wildman–Crippen MR) is 228 cm³/mol. The Hall–Kier alpha value is -3.96. The lowest BCUT2D eigenvalue weighted by atomic mass is 9.82. The second-order valence-corrected chi connectivity index (χ2v) is 16.2. The summed E-state index contributed by atoms with van der Waals surface area (Å²) >= 11 is 0. The molecule has 0 bridgehead atoms. The van der Waals surface area contributed by atoms with Gasteiger partial charge in [-0.2, -0.15) is 0 Å². The summed E-state index contributed by atoms with van der Waals surface area (Å²) in [4.78, 5) is 26.3. The highest BCUT2D eigenvalue weighted by molar-refractivity contribution is 6.02. The predicted octanol–water partition coefficient (Wildman–Crippen LogP) is 13.3. The van der Waals surface area contributed by atoms with Gasteiger partial charge >= 0.3 is 5.97 Å². The average Bonchev–Trinajstić information content (AvgIpc) is 3.22. The van der Waals surface area contributed by atoms with Gasteiger partial charge in [0.15, 0.2) is 5.78 Å². The fourth-order valence-electron chi connectivity index (χ4n) is 8.07. The number of carbonyl (C=O) groups excluding carboxylic acids is 2. The largest absolute Gasteiger partial charge is 0.508 e. The van der Waals surface area contributed by atoms with Gasteiger partial charge in [0.1, 0.15) is 5.75 Å². The van der Waals surface area contributed by atoms with Crippen LogP contribution in [-0.4, -0.2) is 36.2 Å². The Kier molecular flexibility index (Phi) is 16.8. The fraction of sp³-hybridized carbons (Fsp3) is 0.520. The molecule has 0 saturated heterocycles. The number of fused-ring (bicyclic) bond motifs is 1. The minimum atomic E-state index is -0.326. The van der Waals surface area contributed by atoms with Crippen LogP contribution in [0.25, 0.3) is 33.0 Å². The minimum Gasteiger partial charge on any atom is -0.508 e. The van der Waals surface area contributed by atoms with E-state index in [4.69, 9.17) is 9.47 Å². The van der Waals surface area contributed by atoms with E-state index in [2.05, 4.69) is 52.0 Å². The second kappa shape index (κ2) is 22.0. The molecule has 0 amide bonds. The number of phenolic OH excluding ortho intramolecular Hbond substituents is 1. The normalized spacial score (nSPS) is 16.9. The SMILES string of the molecule is CCCCCCCCCCCCOC1CCC(C(=O)c2ccc(-c3ccc(-c4cc(O)c(CC(=O)OCC(C)C(C)CC)c5ccccc45)cc3)cc2)CC1. The van der Waals surface area contributed by atoms with E-state index in [9.17, 15) is 14.7 Å². The summed E-state index contributed by atoms with van der Waals surface area (Å²) < 4.78 is 11.8. The molecule has 0 aliphatic heterocycles. The second-order valence-electron chi connectivity index (χ2n) is 16.2. The number of esters is 1. The molecule has 5 heteroatoms. The first kappa shape index (κ1) is 42.2. The average molecular weight is 747 g/mol. The maximum atomic E-state index is 13.4. The zero-order valence-corrected chi connectivity index (χ0v) is 34.1. The van der Waals surface area contributed by atoms with Gasteiger partial charge in [-0.1, -0.05) is 165 Å². The van der Waals surface area contributed by atoms with Gasteiger partial charge in [-0.25, -0.2) is 0 Å². The van der Waals surface area contributed by atoms with Crippen molar-refractivity contribution in [3.05, 3.63) is 90.0 Å². The van der Waals surface area contributed by atoms with Gasteiger partial charge in [0.05, 0.1) is 19.1 Å². The molecule has 55 heavy (non-hydrogen) atoms. The van der Waals surface area contributed by atoms with E-state index in [1.807, 2.05) is 48.5 Å². The van der Waals surface area contributed by atoms with Gasteiger partial charge < -0.3 is 14.6 Å². The van der Waals surface area contributed by atoms with Crippen molar-refractivity contribution in [1.82, 2.24) is 0 Å². The van der Waals surface area contributed by atoms with Crippen LogP contribution in [0.5, 0.6) is 5.75 Å². The van der Waals surface area contributed by atoms with Crippen LogP contribution in [0.4, 0.5) is 0 Å². The third kappa shape index (κ3) is 12.3. The number of carbonyl (C=O) groups is 2. The van der Waals surface area contributed by atoms with Gasteiger partial charge in [-0.05, 0) is 83.0 Å². The molecule has 296 valence electrons. The van der Waals surface area contributed by atoms with E-state index in [0.717, 1.165) is 83.7 Å². The number of hydrogen-bond acceptors (Lipinski definition) is 5. The van der Waals surface area contributed by atoms with Crippen LogP contribution in [0, 0.1) is 17.8 Å². The Morgan fingerprint density at radius 1 is 0.691 bits per heavy atom. The summed E-state index contributed by atoms with van der Waals surface area (Å²) in [6.45, 7) is 9.92. The van der Waals surface area contributed by atoms with Crippen molar-refractivity contribution in [2.45, 2.75) is 137 Å². The maximum absolute atomic E-state index is 13.4. The van der Waals surface area contributed by atoms with E-state index < -0.39 is 0 Å². The van der Waals surface area contributed by atoms with Crippen molar-refractivity contribution < 1.29 is 24.2 Å². The lowest BCUT2D eigenvalue weighted by Crippen LogP contribution is -2.26. The zero-order chi connectivity index (χ0) is 39.0. The molecular weight excluding hydrogens is 681 g/mol. The molecule has 1 fully saturated rings. The highest BCUT2D eigenvalue weighted by Crippen LogP contribution is 2.38. The molecule has 0 aromatic heterocycles. The summed E-state index contributed by atoms with van der Waals surface area (Å²) in [5.74, 6) is 0.844. The molecule has 0 heterocycles. The number of benzene rings is 4. The Morgan fingerprint density at radius 2 is 1.25 bits per heavy atom. The molecule has 5 rings (SSSR count). The van der Waals surface area contributed by atoms with Crippen LogP contribution in [0.1, 0.15) is 140 Å². The quantitative estimate of drug-likeness (QED) is 0.0492. The molecule has 1 N–H and O–H groups in total. The highest BCUT2D eigenvalue weighted by Gasteiger charge is 2.27. The topological polar surface area (TPSA) is 72.8 Å². The van der Waals surface area contributed by atoms with Crippen LogP contribution < -0.4 is 0 Å². The number of rotatable bonds is 22. The molecule has 4 aromatic rings. The Bertz CT molecular complexity index is 1770. The maximum Gasteiger partial charge on any atom is 0.310 e. The third-order valence-electron chi connectivity index (χ3n) is 12.2. The summed E-state index contributed by atoms with van der Waals surface area (Å²) in [5, 5.41) is 13.0. The lowest BCUT2D eigenvalue weighted by Gasteiger charge is -2.28. The first-order valence-corrected chi connectivity index (χ1v) is 21.5. The molecule has 0 spiro atoms. The van der Waals surface area contributed by atoms with Crippen LogP contribution in [-0.2, 0) is 20.7 Å². The van der Waals surface area contributed by atoms with Crippen LogP contribution in [0.3, 0.4) is 0 Å². The van der Waals surface area contributed by atoms with Crippen molar-refractivity contribution >= 4 is 22.5 Å². The number of unbranched alkanes of at least 4 members (excludes halogenated alkanes) is 9. The smallest absolute Gasteiger partial charge is 0.310 e. The third-order valence-corrected chi connectivity index (χ3v) is 12.2. The number of ketones is 1. The lowest BCUT2D eigenvalue weighted by molar-refractivity contribution is -0.144. The number of aromatic hydroxyl groups is 1. The monoisotopic (exact) mass is 746 g/mol. The summed E-state index contributed by atoms with van der Waals surface area (Å²) in [5.41, 5.74) is 5.36. The zero-order valence-electron chi connectivity index (χ0n) is 34.1. The summed E-state index contributed by atoms with van der Waals surface area (Å²) in [6, 6.07) is 26.0. The van der Waals surface area contributed by atoms with E-state index in [1.165, 1.54) is 57.8 Å². The van der Waals surface area contributed by atoms with E-state index in [0.29, 0.717) is 24.2 Å². The number of hydrogen-bond donors (Lipinski definition) is 1. The first-order valence-electron chi connectivity index (χ1n) is 21.5. The number of ether oxygens (including phenoxy) is 2. The van der Waals surface area contributed by atoms with E-state index in [1.54, 1.807) is 6.07 Å². The first-order chi connectivity index (χ1) is 26.8. The standard InChI is InChI=1S/C50H66O5/c1-5-7-8-9-10-11-12-13-14-17-32-54-43-30-28-42(29-31-43)50(53)41-26-22-39(23-27-41)38-20-24-40(25-21-38)46-33-48(51)47(45-19-16-15-18-44(45)46)34-49(52)55-35-37(4)36(3)6-2/h15-16,18-27,33,36-37,42-43,51H,5-14,17,28-32,34-35H2,1-4H3. The molecule has 1 saturated carbocycles.